The number of carbonyl (C=O) groups excluding carboxylic acids is 1. The van der Waals surface area contributed by atoms with Crippen molar-refractivity contribution in [1.82, 2.24) is 4.98 Å². The SMILES string of the molecule is Cc1cnc(NC(=O)CSCC(=O)O)s1. The van der Waals surface area contributed by atoms with E-state index < -0.39 is 5.97 Å². The van der Waals surface area contributed by atoms with Gasteiger partial charge in [0, 0.05) is 11.1 Å². The summed E-state index contributed by atoms with van der Waals surface area (Å²) in [5.74, 6) is -1.08. The number of aliphatic carboxylic acids is 1. The van der Waals surface area contributed by atoms with Gasteiger partial charge < -0.3 is 10.4 Å². The van der Waals surface area contributed by atoms with E-state index in [2.05, 4.69) is 10.3 Å². The van der Waals surface area contributed by atoms with Gasteiger partial charge in [-0.1, -0.05) is 0 Å². The second kappa shape index (κ2) is 5.72. The molecule has 0 bridgehead atoms. The van der Waals surface area contributed by atoms with Crippen LogP contribution in [0, 0.1) is 6.92 Å². The number of carboxylic acid groups (broad SMARTS) is 1. The first kappa shape index (κ1) is 12.0. The lowest BCUT2D eigenvalue weighted by Crippen LogP contribution is -2.15. The second-order valence-corrected chi connectivity index (χ2v) is 4.93. The van der Waals surface area contributed by atoms with Crippen molar-refractivity contribution in [2.75, 3.05) is 16.8 Å². The van der Waals surface area contributed by atoms with Gasteiger partial charge in [0.2, 0.25) is 5.91 Å². The molecule has 0 aliphatic carbocycles. The minimum absolute atomic E-state index is 0.0652. The molecule has 2 N–H and O–H groups in total. The number of carboxylic acids is 1. The van der Waals surface area contributed by atoms with Crippen LogP contribution in [0.4, 0.5) is 5.13 Å². The van der Waals surface area contributed by atoms with Gasteiger partial charge in [-0.05, 0) is 6.92 Å². The highest BCUT2D eigenvalue weighted by atomic mass is 32.2. The van der Waals surface area contributed by atoms with Gasteiger partial charge in [-0.15, -0.1) is 23.1 Å². The highest BCUT2D eigenvalue weighted by molar-refractivity contribution is 8.00. The molecule has 1 amide bonds. The average molecular weight is 246 g/mol. The predicted molar refractivity (Wildman–Crippen MR) is 60.4 cm³/mol. The van der Waals surface area contributed by atoms with E-state index in [0.717, 1.165) is 16.6 Å². The summed E-state index contributed by atoms with van der Waals surface area (Å²) in [6, 6.07) is 0. The molecule has 0 unspecified atom stereocenters. The van der Waals surface area contributed by atoms with Gasteiger partial charge in [0.25, 0.3) is 0 Å². The highest BCUT2D eigenvalue weighted by Crippen LogP contribution is 2.16. The van der Waals surface area contributed by atoms with E-state index in [-0.39, 0.29) is 17.4 Å². The standard InChI is InChI=1S/C8H10N2O3S2/c1-5-2-9-8(15-5)10-6(11)3-14-4-7(12)13/h2H,3-4H2,1H3,(H,12,13)(H,9,10,11). The van der Waals surface area contributed by atoms with Crippen LogP contribution in [0.25, 0.3) is 0 Å². The molecule has 82 valence electrons. The molecule has 0 saturated heterocycles. The van der Waals surface area contributed by atoms with Gasteiger partial charge in [-0.25, -0.2) is 4.98 Å². The Morgan fingerprint density at radius 2 is 2.33 bits per heavy atom. The molecule has 0 saturated carbocycles. The number of hydrogen-bond donors (Lipinski definition) is 2. The lowest BCUT2D eigenvalue weighted by Gasteiger charge is -1.99. The van der Waals surface area contributed by atoms with E-state index in [4.69, 9.17) is 5.11 Å². The Balaban J connectivity index is 2.27. The lowest BCUT2D eigenvalue weighted by molar-refractivity contribution is -0.133. The van der Waals surface area contributed by atoms with Crippen LogP contribution in [0.2, 0.25) is 0 Å². The van der Waals surface area contributed by atoms with Crippen molar-refractivity contribution < 1.29 is 14.7 Å². The van der Waals surface area contributed by atoms with Crippen molar-refractivity contribution in [1.29, 1.82) is 0 Å². The van der Waals surface area contributed by atoms with Crippen molar-refractivity contribution in [3.05, 3.63) is 11.1 Å². The van der Waals surface area contributed by atoms with Gasteiger partial charge in [0.15, 0.2) is 5.13 Å². The van der Waals surface area contributed by atoms with Gasteiger partial charge in [-0.3, -0.25) is 9.59 Å². The summed E-state index contributed by atoms with van der Waals surface area (Å²) in [6.45, 7) is 1.90. The lowest BCUT2D eigenvalue weighted by atomic mass is 10.6. The van der Waals surface area contributed by atoms with Gasteiger partial charge in [0.05, 0.1) is 11.5 Å². The quantitative estimate of drug-likeness (QED) is 0.816. The van der Waals surface area contributed by atoms with E-state index in [9.17, 15) is 9.59 Å². The monoisotopic (exact) mass is 246 g/mol. The number of carbonyl (C=O) groups is 2. The Morgan fingerprint density at radius 3 is 2.87 bits per heavy atom. The van der Waals surface area contributed by atoms with Crippen LogP contribution in [0.15, 0.2) is 6.20 Å². The number of aromatic nitrogens is 1. The summed E-state index contributed by atoms with van der Waals surface area (Å²) in [6.07, 6.45) is 1.67. The second-order valence-electron chi connectivity index (χ2n) is 2.71. The fourth-order valence-electron chi connectivity index (χ4n) is 0.799. The average Bonchev–Trinajstić information content (AvgIpc) is 2.50. The topological polar surface area (TPSA) is 79.3 Å². The zero-order valence-corrected chi connectivity index (χ0v) is 9.65. The van der Waals surface area contributed by atoms with E-state index in [1.807, 2.05) is 6.92 Å². The van der Waals surface area contributed by atoms with Gasteiger partial charge in [0.1, 0.15) is 0 Å². The molecule has 1 heterocycles. The predicted octanol–water partition coefficient (Wildman–Crippen LogP) is 1.21. The molecular weight excluding hydrogens is 236 g/mol. The molecule has 15 heavy (non-hydrogen) atoms. The molecule has 0 radical (unpaired) electrons. The summed E-state index contributed by atoms with van der Waals surface area (Å²) in [5.41, 5.74) is 0. The Hall–Kier alpha value is -1.08. The Bertz CT molecular complexity index is 365. The van der Waals surface area contributed by atoms with Gasteiger partial charge in [-0.2, -0.15) is 0 Å². The Morgan fingerprint density at radius 1 is 1.60 bits per heavy atom. The maximum Gasteiger partial charge on any atom is 0.313 e. The molecule has 1 aromatic heterocycles. The fourth-order valence-corrected chi connectivity index (χ4v) is 2.01. The zero-order chi connectivity index (χ0) is 11.3. The first-order valence-electron chi connectivity index (χ1n) is 4.10. The number of rotatable bonds is 5. The van der Waals surface area contributed by atoms with Crippen LogP contribution in [0.1, 0.15) is 4.88 Å². The molecule has 0 atom stereocenters. The number of nitrogens with one attached hydrogen (secondary N) is 1. The molecule has 0 fully saturated rings. The summed E-state index contributed by atoms with van der Waals surface area (Å²) in [7, 11) is 0. The van der Waals surface area contributed by atoms with Crippen molar-refractivity contribution in [2.24, 2.45) is 0 Å². The van der Waals surface area contributed by atoms with E-state index in [0.29, 0.717) is 5.13 Å². The molecule has 7 heteroatoms. The molecule has 0 aliphatic heterocycles. The molecule has 1 rings (SSSR count). The summed E-state index contributed by atoms with van der Waals surface area (Å²) in [5, 5.41) is 11.5. The van der Waals surface area contributed by atoms with E-state index in [1.165, 1.54) is 11.3 Å². The summed E-state index contributed by atoms with van der Waals surface area (Å²) < 4.78 is 0. The Labute approximate surface area is 94.9 Å². The van der Waals surface area contributed by atoms with Crippen LogP contribution in [-0.2, 0) is 9.59 Å². The van der Waals surface area contributed by atoms with Crippen LogP contribution in [0.5, 0.6) is 0 Å². The first-order chi connectivity index (χ1) is 7.08. The van der Waals surface area contributed by atoms with Crippen molar-refractivity contribution >= 4 is 40.1 Å². The number of amides is 1. The number of thioether (sulfide) groups is 1. The number of anilines is 1. The molecular formula is C8H10N2O3S2. The molecule has 0 aliphatic rings. The summed E-state index contributed by atoms with van der Waals surface area (Å²) >= 11 is 2.45. The number of hydrogen-bond acceptors (Lipinski definition) is 5. The van der Waals surface area contributed by atoms with Crippen LogP contribution in [-0.4, -0.2) is 33.5 Å². The van der Waals surface area contributed by atoms with Crippen LogP contribution >= 0.6 is 23.1 Å². The third kappa shape index (κ3) is 4.80. The van der Waals surface area contributed by atoms with Crippen molar-refractivity contribution in [2.45, 2.75) is 6.92 Å². The molecule has 0 aromatic carbocycles. The van der Waals surface area contributed by atoms with E-state index >= 15 is 0 Å². The van der Waals surface area contributed by atoms with E-state index in [1.54, 1.807) is 6.20 Å². The normalized spacial score (nSPS) is 9.93. The third-order valence-electron chi connectivity index (χ3n) is 1.33. The molecule has 0 spiro atoms. The van der Waals surface area contributed by atoms with Crippen LogP contribution < -0.4 is 5.32 Å². The molecule has 1 aromatic rings. The zero-order valence-electron chi connectivity index (χ0n) is 8.02. The number of thiazole rings is 1. The first-order valence-corrected chi connectivity index (χ1v) is 6.07. The summed E-state index contributed by atoms with van der Waals surface area (Å²) in [4.78, 5) is 26.4. The Kier molecular flexibility index (Phi) is 4.57. The maximum absolute atomic E-state index is 11.2. The smallest absolute Gasteiger partial charge is 0.313 e. The van der Waals surface area contributed by atoms with Crippen molar-refractivity contribution in [3.8, 4) is 0 Å². The van der Waals surface area contributed by atoms with Crippen molar-refractivity contribution in [3.63, 3.8) is 0 Å². The fraction of sp³-hybridized carbons (Fsp3) is 0.375. The largest absolute Gasteiger partial charge is 0.481 e. The third-order valence-corrected chi connectivity index (χ3v) is 3.07. The highest BCUT2D eigenvalue weighted by Gasteiger charge is 2.06. The maximum atomic E-state index is 11.2. The van der Waals surface area contributed by atoms with Gasteiger partial charge >= 0.3 is 5.97 Å². The number of nitrogens with zero attached hydrogens (tertiary/aromatic N) is 1. The minimum Gasteiger partial charge on any atom is -0.481 e. The number of aryl methyl sites for hydroxylation is 1. The minimum atomic E-state index is -0.919. The van der Waals surface area contributed by atoms with Crippen LogP contribution in [0.3, 0.4) is 0 Å². The molecule has 5 nitrogen and oxygen atoms in total.